The highest BCUT2D eigenvalue weighted by molar-refractivity contribution is 6.36. The Morgan fingerprint density at radius 1 is 1.05 bits per heavy atom. The predicted molar refractivity (Wildman–Crippen MR) is 91.3 cm³/mol. The first-order chi connectivity index (χ1) is 10.6. The fourth-order valence-corrected chi connectivity index (χ4v) is 2.38. The number of aryl methyl sites for hydroxylation is 1. The lowest BCUT2D eigenvalue weighted by Gasteiger charge is -2.01. The van der Waals surface area contributed by atoms with Gasteiger partial charge in [-0.05, 0) is 36.2 Å². The van der Waals surface area contributed by atoms with Crippen molar-refractivity contribution in [3.63, 3.8) is 0 Å². The van der Waals surface area contributed by atoms with Gasteiger partial charge in [0.1, 0.15) is 0 Å². The van der Waals surface area contributed by atoms with E-state index >= 15 is 0 Å². The molecule has 1 N–H and O–H groups in total. The number of nitrogens with one attached hydrogen (secondary N) is 1. The summed E-state index contributed by atoms with van der Waals surface area (Å²) in [6.07, 6.45) is 1.19. The zero-order valence-corrected chi connectivity index (χ0v) is 13.6. The van der Waals surface area contributed by atoms with E-state index in [1.54, 1.807) is 25.2 Å². The summed E-state index contributed by atoms with van der Waals surface area (Å²) in [6.45, 7) is 0. The molecule has 0 aliphatic heterocycles. The minimum atomic E-state index is 0.0391. The maximum Gasteiger partial charge on any atom is 0.220 e. The first kappa shape index (κ1) is 16.4. The Hall–Kier alpha value is -1.95. The molecule has 0 aromatic heterocycles. The highest BCUT2D eigenvalue weighted by Crippen LogP contribution is 2.23. The topological polar surface area (TPSA) is 29.1 Å². The maximum absolute atomic E-state index is 11.2. The van der Waals surface area contributed by atoms with E-state index in [0.717, 1.165) is 11.1 Å². The van der Waals surface area contributed by atoms with Crippen LogP contribution in [0.25, 0.3) is 0 Å². The number of amides is 1. The Labute approximate surface area is 140 Å². The van der Waals surface area contributed by atoms with Gasteiger partial charge in [0.15, 0.2) is 0 Å². The van der Waals surface area contributed by atoms with E-state index in [-0.39, 0.29) is 5.91 Å². The molecule has 4 heteroatoms. The van der Waals surface area contributed by atoms with Gasteiger partial charge in [-0.25, -0.2) is 0 Å². The van der Waals surface area contributed by atoms with Crippen LogP contribution in [-0.4, -0.2) is 13.0 Å². The third-order valence-electron chi connectivity index (χ3n) is 3.17. The van der Waals surface area contributed by atoms with Crippen LogP contribution in [0.2, 0.25) is 10.0 Å². The molecular formula is C18H15Cl2NO. The number of hydrogen-bond donors (Lipinski definition) is 1. The molecule has 0 bridgehead atoms. The van der Waals surface area contributed by atoms with Gasteiger partial charge in [0, 0.05) is 19.0 Å². The number of halogens is 2. The molecule has 0 aliphatic rings. The molecule has 0 aliphatic carbocycles. The van der Waals surface area contributed by atoms with Gasteiger partial charge in [0.05, 0.1) is 15.6 Å². The van der Waals surface area contributed by atoms with Crippen molar-refractivity contribution in [2.24, 2.45) is 0 Å². The van der Waals surface area contributed by atoms with Crippen molar-refractivity contribution in [1.82, 2.24) is 5.32 Å². The third kappa shape index (κ3) is 4.53. The summed E-state index contributed by atoms with van der Waals surface area (Å²) in [5.41, 5.74) is 2.61. The smallest absolute Gasteiger partial charge is 0.220 e. The van der Waals surface area contributed by atoms with Crippen molar-refractivity contribution >= 4 is 29.1 Å². The van der Waals surface area contributed by atoms with Crippen molar-refractivity contribution in [1.29, 1.82) is 0 Å². The molecule has 112 valence electrons. The average molecular weight is 332 g/mol. The van der Waals surface area contributed by atoms with Crippen LogP contribution >= 0.6 is 23.2 Å². The maximum atomic E-state index is 11.2. The second-order valence-electron chi connectivity index (χ2n) is 4.72. The third-order valence-corrected chi connectivity index (χ3v) is 3.80. The Balaban J connectivity index is 2.09. The molecule has 22 heavy (non-hydrogen) atoms. The Morgan fingerprint density at radius 3 is 2.27 bits per heavy atom. The van der Waals surface area contributed by atoms with E-state index in [0.29, 0.717) is 28.5 Å². The van der Waals surface area contributed by atoms with Gasteiger partial charge in [-0.1, -0.05) is 53.2 Å². The number of rotatable bonds is 3. The van der Waals surface area contributed by atoms with E-state index in [9.17, 15) is 4.79 Å². The zero-order valence-electron chi connectivity index (χ0n) is 12.1. The average Bonchev–Trinajstić information content (AvgIpc) is 2.53. The summed E-state index contributed by atoms with van der Waals surface area (Å²) < 4.78 is 0. The minimum Gasteiger partial charge on any atom is -0.359 e. The lowest BCUT2D eigenvalue weighted by molar-refractivity contribution is -0.120. The molecule has 0 spiro atoms. The molecule has 2 nitrogen and oxygen atoms in total. The molecular weight excluding hydrogens is 317 g/mol. The van der Waals surface area contributed by atoms with Crippen molar-refractivity contribution in [2.75, 3.05) is 7.05 Å². The van der Waals surface area contributed by atoms with Crippen LogP contribution in [0, 0.1) is 11.8 Å². The number of hydrogen-bond acceptors (Lipinski definition) is 1. The van der Waals surface area contributed by atoms with Crippen LogP contribution in [0.15, 0.2) is 42.5 Å². The van der Waals surface area contributed by atoms with Gasteiger partial charge in [-0.15, -0.1) is 0 Å². The lowest BCUT2D eigenvalue weighted by atomic mass is 10.1. The summed E-state index contributed by atoms with van der Waals surface area (Å²) >= 11 is 12.2. The molecule has 0 unspecified atom stereocenters. The standard InChI is InChI=1S/C18H15Cl2NO/c1-21-18(22)12-10-14-7-5-13(6-8-14)9-11-15-16(19)3-2-4-17(15)20/h2-8H,10,12H2,1H3,(H,21,22). The van der Waals surface area contributed by atoms with Crippen LogP contribution in [0.3, 0.4) is 0 Å². The van der Waals surface area contributed by atoms with Gasteiger partial charge >= 0.3 is 0 Å². The fourth-order valence-electron chi connectivity index (χ4n) is 1.89. The van der Waals surface area contributed by atoms with Crippen molar-refractivity contribution in [3.8, 4) is 11.8 Å². The zero-order chi connectivity index (χ0) is 15.9. The summed E-state index contributed by atoms with van der Waals surface area (Å²) in [5, 5.41) is 3.70. The van der Waals surface area contributed by atoms with Gasteiger partial charge in [-0.2, -0.15) is 0 Å². The van der Waals surface area contributed by atoms with Crippen LogP contribution in [0.4, 0.5) is 0 Å². The molecule has 0 heterocycles. The molecule has 1 amide bonds. The molecule has 0 saturated carbocycles. The van der Waals surface area contributed by atoms with Crippen LogP contribution in [0.1, 0.15) is 23.1 Å². The van der Waals surface area contributed by atoms with Gasteiger partial charge < -0.3 is 5.32 Å². The summed E-state index contributed by atoms with van der Waals surface area (Å²) in [7, 11) is 1.64. The van der Waals surface area contributed by atoms with Crippen molar-refractivity contribution < 1.29 is 4.79 Å². The number of carbonyl (C=O) groups excluding carboxylic acids is 1. The SMILES string of the molecule is CNC(=O)CCc1ccc(C#Cc2c(Cl)cccc2Cl)cc1. The molecule has 0 atom stereocenters. The lowest BCUT2D eigenvalue weighted by Crippen LogP contribution is -2.17. The summed E-state index contributed by atoms with van der Waals surface area (Å²) in [4.78, 5) is 11.2. The fraction of sp³-hybridized carbons (Fsp3) is 0.167. The van der Waals surface area contributed by atoms with Gasteiger partial charge in [0.25, 0.3) is 0 Å². The van der Waals surface area contributed by atoms with E-state index in [2.05, 4.69) is 17.2 Å². The molecule has 2 rings (SSSR count). The van der Waals surface area contributed by atoms with Crippen molar-refractivity contribution in [2.45, 2.75) is 12.8 Å². The van der Waals surface area contributed by atoms with Crippen molar-refractivity contribution in [3.05, 3.63) is 69.2 Å². The normalized spacial score (nSPS) is 9.77. The number of carbonyl (C=O) groups is 1. The molecule has 0 saturated heterocycles. The monoisotopic (exact) mass is 331 g/mol. The van der Waals surface area contributed by atoms with Gasteiger partial charge in [0.2, 0.25) is 5.91 Å². The second kappa shape index (κ2) is 7.89. The minimum absolute atomic E-state index is 0.0391. The van der Waals surface area contributed by atoms with Gasteiger partial charge in [-0.3, -0.25) is 4.79 Å². The second-order valence-corrected chi connectivity index (χ2v) is 5.53. The van der Waals surface area contributed by atoms with Crippen LogP contribution in [0.5, 0.6) is 0 Å². The molecule has 2 aromatic carbocycles. The van der Waals surface area contributed by atoms with E-state index in [1.807, 2.05) is 24.3 Å². The summed E-state index contributed by atoms with van der Waals surface area (Å²) in [6, 6.07) is 13.1. The van der Waals surface area contributed by atoms with E-state index < -0.39 is 0 Å². The highest BCUT2D eigenvalue weighted by Gasteiger charge is 2.02. The summed E-state index contributed by atoms with van der Waals surface area (Å²) in [5.74, 6) is 6.09. The Morgan fingerprint density at radius 2 is 1.68 bits per heavy atom. The molecule has 2 aromatic rings. The van der Waals surface area contributed by atoms with E-state index in [1.165, 1.54) is 0 Å². The number of benzene rings is 2. The largest absolute Gasteiger partial charge is 0.359 e. The van der Waals surface area contributed by atoms with E-state index in [4.69, 9.17) is 23.2 Å². The van der Waals surface area contributed by atoms with Crippen LogP contribution in [-0.2, 0) is 11.2 Å². The molecule has 0 fully saturated rings. The highest BCUT2D eigenvalue weighted by atomic mass is 35.5. The Bertz CT molecular complexity index is 707. The predicted octanol–water partition coefficient (Wildman–Crippen LogP) is 4.07. The Kier molecular flexibility index (Phi) is 5.89. The molecule has 0 radical (unpaired) electrons. The first-order valence-electron chi connectivity index (χ1n) is 6.85. The first-order valence-corrected chi connectivity index (χ1v) is 7.61. The quantitative estimate of drug-likeness (QED) is 0.844. The van der Waals surface area contributed by atoms with Crippen LogP contribution < -0.4 is 5.32 Å².